The van der Waals surface area contributed by atoms with Crippen molar-refractivity contribution in [2.45, 2.75) is 13.5 Å². The summed E-state index contributed by atoms with van der Waals surface area (Å²) < 4.78 is 13.8. The van der Waals surface area contributed by atoms with Gasteiger partial charge in [0, 0.05) is 17.5 Å². The monoisotopic (exact) mass is 287 g/mol. The molecule has 1 aromatic heterocycles. The molecule has 1 N–H and O–H groups in total. The predicted molar refractivity (Wildman–Crippen MR) is 80.2 cm³/mol. The summed E-state index contributed by atoms with van der Waals surface area (Å²) in [7, 11) is 0. The third-order valence-corrected chi connectivity index (χ3v) is 4.05. The Bertz CT molecular complexity index is 739. The van der Waals surface area contributed by atoms with Gasteiger partial charge in [-0.25, -0.2) is 4.39 Å². The van der Waals surface area contributed by atoms with Crippen LogP contribution in [0.1, 0.15) is 11.9 Å². The van der Waals surface area contributed by atoms with Crippen LogP contribution in [0, 0.1) is 5.82 Å². The summed E-state index contributed by atoms with van der Waals surface area (Å²) in [4.78, 5) is 0. The summed E-state index contributed by atoms with van der Waals surface area (Å²) in [5.74, 6) is -0.207. The molecule has 0 spiro atoms. The fourth-order valence-corrected chi connectivity index (χ4v) is 2.96. The Morgan fingerprint density at radius 2 is 1.90 bits per heavy atom. The van der Waals surface area contributed by atoms with Crippen LogP contribution < -0.4 is 5.32 Å². The van der Waals surface area contributed by atoms with Gasteiger partial charge >= 0.3 is 0 Å². The highest BCUT2D eigenvalue weighted by molar-refractivity contribution is 7.14. The summed E-state index contributed by atoms with van der Waals surface area (Å²) >= 11 is 1.54. The lowest BCUT2D eigenvalue weighted by Crippen LogP contribution is -2.11. The molecule has 0 radical (unpaired) electrons. The van der Waals surface area contributed by atoms with E-state index in [1.165, 1.54) is 17.4 Å². The highest BCUT2D eigenvalue weighted by Crippen LogP contribution is 2.31. The van der Waals surface area contributed by atoms with Gasteiger partial charge in [0.2, 0.25) is 0 Å². The van der Waals surface area contributed by atoms with Gasteiger partial charge in [0.05, 0.1) is 0 Å². The van der Waals surface area contributed by atoms with Crippen LogP contribution in [-0.4, -0.2) is 16.7 Å². The predicted octanol–water partition coefficient (Wildman–Crippen LogP) is 3.61. The standard InChI is InChI=1S/C15H14FN3S/c1-2-17-9-14-18-19-15(20-14)12-7-8-13(16)11-6-4-3-5-10(11)12/h3-8,17H,2,9H2,1H3. The number of hydrogen-bond donors (Lipinski definition) is 1. The van der Waals surface area contributed by atoms with E-state index in [1.54, 1.807) is 12.1 Å². The second kappa shape index (κ2) is 5.64. The van der Waals surface area contributed by atoms with Crippen molar-refractivity contribution >= 4 is 22.1 Å². The van der Waals surface area contributed by atoms with E-state index in [1.807, 2.05) is 18.2 Å². The van der Waals surface area contributed by atoms with E-state index in [0.717, 1.165) is 27.5 Å². The van der Waals surface area contributed by atoms with Crippen LogP contribution in [0.5, 0.6) is 0 Å². The third kappa shape index (κ3) is 2.42. The second-order valence-corrected chi connectivity index (χ2v) is 5.48. The molecule has 3 rings (SSSR count). The van der Waals surface area contributed by atoms with Crippen molar-refractivity contribution in [2.75, 3.05) is 6.54 Å². The van der Waals surface area contributed by atoms with Crippen LogP contribution >= 0.6 is 11.3 Å². The van der Waals surface area contributed by atoms with Gasteiger partial charge in [-0.05, 0) is 24.1 Å². The number of nitrogens with zero attached hydrogens (tertiary/aromatic N) is 2. The maximum absolute atomic E-state index is 13.8. The van der Waals surface area contributed by atoms with E-state index in [9.17, 15) is 4.39 Å². The number of rotatable bonds is 4. The average molecular weight is 287 g/mol. The van der Waals surface area contributed by atoms with Crippen LogP contribution in [0.4, 0.5) is 4.39 Å². The molecule has 1 heterocycles. The molecule has 0 aliphatic heterocycles. The van der Waals surface area contributed by atoms with Crippen LogP contribution in [0.25, 0.3) is 21.3 Å². The molecule has 102 valence electrons. The summed E-state index contributed by atoms with van der Waals surface area (Å²) in [6.45, 7) is 3.66. The first-order chi connectivity index (χ1) is 9.79. The van der Waals surface area contributed by atoms with Crippen molar-refractivity contribution < 1.29 is 4.39 Å². The molecule has 20 heavy (non-hydrogen) atoms. The number of halogens is 1. The van der Waals surface area contributed by atoms with Gasteiger partial charge in [0.25, 0.3) is 0 Å². The molecule has 0 amide bonds. The Hall–Kier alpha value is -1.85. The van der Waals surface area contributed by atoms with Gasteiger partial charge in [-0.15, -0.1) is 10.2 Å². The van der Waals surface area contributed by atoms with Gasteiger partial charge in [-0.2, -0.15) is 0 Å². The average Bonchev–Trinajstić information content (AvgIpc) is 2.94. The summed E-state index contributed by atoms with van der Waals surface area (Å²) in [5.41, 5.74) is 0.933. The minimum absolute atomic E-state index is 0.207. The van der Waals surface area contributed by atoms with Crippen LogP contribution in [0.3, 0.4) is 0 Å². The van der Waals surface area contributed by atoms with E-state index >= 15 is 0 Å². The van der Waals surface area contributed by atoms with E-state index in [4.69, 9.17) is 0 Å². The Morgan fingerprint density at radius 1 is 1.10 bits per heavy atom. The maximum atomic E-state index is 13.8. The number of fused-ring (bicyclic) bond motifs is 1. The lowest BCUT2D eigenvalue weighted by atomic mass is 10.0. The molecule has 0 atom stereocenters. The van der Waals surface area contributed by atoms with E-state index in [0.29, 0.717) is 11.9 Å². The van der Waals surface area contributed by atoms with Gasteiger partial charge in [0.1, 0.15) is 15.8 Å². The normalized spacial score (nSPS) is 11.1. The Morgan fingerprint density at radius 3 is 2.70 bits per heavy atom. The highest BCUT2D eigenvalue weighted by Gasteiger charge is 2.11. The molecule has 5 heteroatoms. The Kier molecular flexibility index (Phi) is 3.71. The van der Waals surface area contributed by atoms with Crippen molar-refractivity contribution in [2.24, 2.45) is 0 Å². The van der Waals surface area contributed by atoms with Crippen LogP contribution in [0.2, 0.25) is 0 Å². The molecule has 0 bridgehead atoms. The zero-order chi connectivity index (χ0) is 13.9. The molecular formula is C15H14FN3S. The molecule has 3 nitrogen and oxygen atoms in total. The summed E-state index contributed by atoms with van der Waals surface area (Å²) in [5, 5.41) is 14.9. The van der Waals surface area contributed by atoms with E-state index in [-0.39, 0.29) is 5.82 Å². The first-order valence-corrected chi connectivity index (χ1v) is 7.32. The fraction of sp³-hybridized carbons (Fsp3) is 0.200. The van der Waals surface area contributed by atoms with Crippen molar-refractivity contribution in [3.05, 3.63) is 47.2 Å². The molecule has 0 saturated heterocycles. The molecule has 0 fully saturated rings. The van der Waals surface area contributed by atoms with Crippen molar-refractivity contribution in [3.8, 4) is 10.6 Å². The van der Waals surface area contributed by atoms with Crippen LogP contribution in [0.15, 0.2) is 36.4 Å². The lowest BCUT2D eigenvalue weighted by molar-refractivity contribution is 0.640. The Balaban J connectivity index is 2.06. The molecule has 0 aliphatic carbocycles. The van der Waals surface area contributed by atoms with Crippen molar-refractivity contribution in [1.29, 1.82) is 0 Å². The molecule has 0 unspecified atom stereocenters. The smallest absolute Gasteiger partial charge is 0.148 e. The molecular weight excluding hydrogens is 273 g/mol. The molecule has 0 aliphatic rings. The number of nitrogens with one attached hydrogen (secondary N) is 1. The van der Waals surface area contributed by atoms with Gasteiger partial charge in [0.15, 0.2) is 0 Å². The third-order valence-electron chi connectivity index (χ3n) is 3.09. The first kappa shape index (κ1) is 13.1. The van der Waals surface area contributed by atoms with E-state index < -0.39 is 0 Å². The van der Waals surface area contributed by atoms with E-state index in [2.05, 4.69) is 22.4 Å². The minimum atomic E-state index is -0.207. The molecule has 0 saturated carbocycles. The van der Waals surface area contributed by atoms with Gasteiger partial charge < -0.3 is 5.32 Å². The SMILES string of the molecule is CCNCc1nnc(-c2ccc(F)c3ccccc23)s1. The maximum Gasteiger partial charge on any atom is 0.148 e. The Labute approximate surface area is 120 Å². The van der Waals surface area contributed by atoms with Crippen molar-refractivity contribution in [1.82, 2.24) is 15.5 Å². The van der Waals surface area contributed by atoms with Crippen LogP contribution in [-0.2, 0) is 6.54 Å². The molecule has 2 aromatic carbocycles. The second-order valence-electron chi connectivity index (χ2n) is 4.42. The molecule has 3 aromatic rings. The first-order valence-electron chi connectivity index (χ1n) is 6.50. The van der Waals surface area contributed by atoms with Crippen molar-refractivity contribution in [3.63, 3.8) is 0 Å². The lowest BCUT2D eigenvalue weighted by Gasteiger charge is -2.04. The topological polar surface area (TPSA) is 37.8 Å². The summed E-state index contributed by atoms with van der Waals surface area (Å²) in [6, 6.07) is 10.7. The number of hydrogen-bond acceptors (Lipinski definition) is 4. The van der Waals surface area contributed by atoms with Gasteiger partial charge in [-0.1, -0.05) is 42.5 Å². The quantitative estimate of drug-likeness (QED) is 0.796. The number of benzene rings is 2. The fourth-order valence-electron chi connectivity index (χ4n) is 2.11. The zero-order valence-electron chi connectivity index (χ0n) is 11.1. The zero-order valence-corrected chi connectivity index (χ0v) is 11.9. The summed E-state index contributed by atoms with van der Waals surface area (Å²) in [6.07, 6.45) is 0. The minimum Gasteiger partial charge on any atom is -0.311 e. The number of aromatic nitrogens is 2. The van der Waals surface area contributed by atoms with Gasteiger partial charge in [-0.3, -0.25) is 0 Å². The highest BCUT2D eigenvalue weighted by atomic mass is 32.1. The largest absolute Gasteiger partial charge is 0.311 e.